The highest BCUT2D eigenvalue weighted by atomic mass is 16.5. The van der Waals surface area contributed by atoms with Crippen molar-refractivity contribution in [3.8, 4) is 11.5 Å². The molecule has 1 N–H and O–H groups in total. The number of hydrogen-bond donors (Lipinski definition) is 1. The first-order valence-electron chi connectivity index (χ1n) is 10.2. The SMILES string of the molecule is CCOc1cc(C(CC)N2CCCNCC2)ccc1OCc1ccccc1. The fraction of sp³-hybridized carbons (Fsp3) is 0.478. The first-order chi connectivity index (χ1) is 13.3. The number of nitrogens with one attached hydrogen (secondary N) is 1. The Kier molecular flexibility index (Phi) is 7.55. The van der Waals surface area contributed by atoms with Crippen molar-refractivity contribution in [2.75, 3.05) is 32.8 Å². The molecular weight excluding hydrogens is 336 g/mol. The van der Waals surface area contributed by atoms with Crippen molar-refractivity contribution in [1.29, 1.82) is 0 Å². The van der Waals surface area contributed by atoms with Gasteiger partial charge < -0.3 is 14.8 Å². The maximum atomic E-state index is 6.06. The van der Waals surface area contributed by atoms with Gasteiger partial charge in [-0.05, 0) is 49.6 Å². The molecule has 2 aromatic carbocycles. The van der Waals surface area contributed by atoms with Gasteiger partial charge in [0, 0.05) is 25.7 Å². The highest BCUT2D eigenvalue weighted by Gasteiger charge is 2.21. The third-order valence-electron chi connectivity index (χ3n) is 5.09. The maximum Gasteiger partial charge on any atom is 0.161 e. The molecule has 2 aromatic rings. The molecule has 0 aromatic heterocycles. The smallest absolute Gasteiger partial charge is 0.161 e. The van der Waals surface area contributed by atoms with Gasteiger partial charge >= 0.3 is 0 Å². The van der Waals surface area contributed by atoms with Gasteiger partial charge in [-0.25, -0.2) is 0 Å². The predicted octanol–water partition coefficient (Wildman–Crippen LogP) is 4.41. The van der Waals surface area contributed by atoms with Gasteiger partial charge in [0.25, 0.3) is 0 Å². The summed E-state index contributed by atoms with van der Waals surface area (Å²) in [5.74, 6) is 1.66. The van der Waals surface area contributed by atoms with E-state index in [1.54, 1.807) is 0 Å². The number of ether oxygens (including phenoxy) is 2. The summed E-state index contributed by atoms with van der Waals surface area (Å²) in [6.07, 6.45) is 2.29. The number of rotatable bonds is 8. The Balaban J connectivity index is 1.76. The number of hydrogen-bond acceptors (Lipinski definition) is 4. The Labute approximate surface area is 163 Å². The lowest BCUT2D eigenvalue weighted by Crippen LogP contribution is -2.32. The van der Waals surface area contributed by atoms with E-state index in [1.165, 1.54) is 12.0 Å². The van der Waals surface area contributed by atoms with Crippen LogP contribution in [0.15, 0.2) is 48.5 Å². The third-order valence-corrected chi connectivity index (χ3v) is 5.09. The van der Waals surface area contributed by atoms with Gasteiger partial charge in [0.2, 0.25) is 0 Å². The van der Waals surface area contributed by atoms with Crippen LogP contribution in [0.1, 0.15) is 43.9 Å². The molecule has 1 atom stereocenters. The zero-order valence-corrected chi connectivity index (χ0v) is 16.6. The first-order valence-corrected chi connectivity index (χ1v) is 10.2. The average molecular weight is 369 g/mol. The Bertz CT molecular complexity index is 682. The molecule has 1 unspecified atom stereocenters. The zero-order chi connectivity index (χ0) is 18.9. The van der Waals surface area contributed by atoms with Crippen molar-refractivity contribution in [3.05, 3.63) is 59.7 Å². The molecule has 4 nitrogen and oxygen atoms in total. The first kappa shape index (κ1) is 19.7. The van der Waals surface area contributed by atoms with Crippen molar-refractivity contribution >= 4 is 0 Å². The van der Waals surface area contributed by atoms with Crippen LogP contribution in [-0.4, -0.2) is 37.7 Å². The van der Waals surface area contributed by atoms with E-state index < -0.39 is 0 Å². The maximum absolute atomic E-state index is 6.06. The summed E-state index contributed by atoms with van der Waals surface area (Å²) in [6.45, 7) is 9.88. The van der Waals surface area contributed by atoms with Crippen LogP contribution in [0.2, 0.25) is 0 Å². The minimum absolute atomic E-state index is 0.423. The summed E-state index contributed by atoms with van der Waals surface area (Å²) < 4.78 is 12.0. The second-order valence-corrected chi connectivity index (χ2v) is 6.98. The van der Waals surface area contributed by atoms with Crippen LogP contribution in [0.4, 0.5) is 0 Å². The second-order valence-electron chi connectivity index (χ2n) is 6.98. The third kappa shape index (κ3) is 5.47. The summed E-state index contributed by atoms with van der Waals surface area (Å²) in [5, 5.41) is 3.49. The molecule has 1 fully saturated rings. The van der Waals surface area contributed by atoms with E-state index in [9.17, 15) is 0 Å². The molecule has 27 heavy (non-hydrogen) atoms. The largest absolute Gasteiger partial charge is 0.490 e. The van der Waals surface area contributed by atoms with Crippen molar-refractivity contribution in [2.45, 2.75) is 39.3 Å². The topological polar surface area (TPSA) is 33.7 Å². The fourth-order valence-electron chi connectivity index (χ4n) is 3.74. The quantitative estimate of drug-likeness (QED) is 0.748. The molecule has 0 bridgehead atoms. The number of benzene rings is 2. The molecule has 146 valence electrons. The van der Waals surface area contributed by atoms with Crippen LogP contribution >= 0.6 is 0 Å². The highest BCUT2D eigenvalue weighted by Crippen LogP contribution is 2.34. The Morgan fingerprint density at radius 3 is 2.59 bits per heavy atom. The molecule has 0 amide bonds. The summed E-state index contributed by atoms with van der Waals surface area (Å²) in [7, 11) is 0. The summed E-state index contributed by atoms with van der Waals surface area (Å²) in [4.78, 5) is 2.59. The molecule has 1 aliphatic rings. The molecule has 0 saturated carbocycles. The average Bonchev–Trinajstić information content (AvgIpc) is 2.98. The molecule has 0 radical (unpaired) electrons. The van der Waals surface area contributed by atoms with E-state index in [4.69, 9.17) is 9.47 Å². The second kappa shape index (κ2) is 10.3. The van der Waals surface area contributed by atoms with Gasteiger partial charge in [0.15, 0.2) is 11.5 Å². The predicted molar refractivity (Wildman–Crippen MR) is 110 cm³/mol. The minimum Gasteiger partial charge on any atom is -0.490 e. The van der Waals surface area contributed by atoms with Gasteiger partial charge in [-0.2, -0.15) is 0 Å². The van der Waals surface area contributed by atoms with Gasteiger partial charge in [-0.1, -0.05) is 43.3 Å². The fourth-order valence-corrected chi connectivity index (χ4v) is 3.74. The van der Waals surface area contributed by atoms with Crippen LogP contribution < -0.4 is 14.8 Å². The van der Waals surface area contributed by atoms with E-state index in [1.807, 2.05) is 25.1 Å². The van der Waals surface area contributed by atoms with Crippen molar-refractivity contribution in [3.63, 3.8) is 0 Å². The minimum atomic E-state index is 0.423. The lowest BCUT2D eigenvalue weighted by molar-refractivity contribution is 0.204. The highest BCUT2D eigenvalue weighted by molar-refractivity contribution is 5.44. The summed E-state index contributed by atoms with van der Waals surface area (Å²) in [6, 6.07) is 17.1. The molecule has 0 aliphatic carbocycles. The zero-order valence-electron chi connectivity index (χ0n) is 16.6. The Hall–Kier alpha value is -2.04. The van der Waals surface area contributed by atoms with Crippen LogP contribution in [0.25, 0.3) is 0 Å². The van der Waals surface area contributed by atoms with Gasteiger partial charge in [-0.3, -0.25) is 4.90 Å². The molecule has 1 saturated heterocycles. The van der Waals surface area contributed by atoms with E-state index in [-0.39, 0.29) is 0 Å². The lowest BCUT2D eigenvalue weighted by atomic mass is 10.0. The van der Waals surface area contributed by atoms with Crippen molar-refractivity contribution < 1.29 is 9.47 Å². The van der Waals surface area contributed by atoms with Gasteiger partial charge in [0.1, 0.15) is 6.61 Å². The Morgan fingerprint density at radius 1 is 0.963 bits per heavy atom. The molecule has 1 aliphatic heterocycles. The van der Waals surface area contributed by atoms with E-state index in [2.05, 4.69) is 47.5 Å². The van der Waals surface area contributed by atoms with Crippen molar-refractivity contribution in [1.82, 2.24) is 10.2 Å². The molecule has 4 heteroatoms. The normalized spacial score (nSPS) is 16.5. The van der Waals surface area contributed by atoms with Gasteiger partial charge in [0.05, 0.1) is 6.61 Å². The Morgan fingerprint density at radius 2 is 1.81 bits per heavy atom. The monoisotopic (exact) mass is 368 g/mol. The molecule has 1 heterocycles. The number of nitrogens with zero attached hydrogens (tertiary/aromatic N) is 1. The standard InChI is InChI=1S/C23H32N2O2/c1-3-21(25-15-8-13-24-14-16-25)20-11-12-22(23(17-20)26-4-2)27-18-19-9-6-5-7-10-19/h5-7,9-12,17,21,24H,3-4,8,13-16,18H2,1-2H3. The molecule has 0 spiro atoms. The van der Waals surface area contributed by atoms with E-state index in [0.717, 1.165) is 49.7 Å². The van der Waals surface area contributed by atoms with E-state index >= 15 is 0 Å². The van der Waals surface area contributed by atoms with Crippen LogP contribution in [0.3, 0.4) is 0 Å². The summed E-state index contributed by atoms with van der Waals surface area (Å²) in [5.41, 5.74) is 2.47. The summed E-state index contributed by atoms with van der Waals surface area (Å²) >= 11 is 0. The van der Waals surface area contributed by atoms with Crippen LogP contribution in [-0.2, 0) is 6.61 Å². The molecular formula is C23H32N2O2. The lowest BCUT2D eigenvalue weighted by Gasteiger charge is -2.30. The van der Waals surface area contributed by atoms with E-state index in [0.29, 0.717) is 19.3 Å². The van der Waals surface area contributed by atoms with Crippen LogP contribution in [0.5, 0.6) is 11.5 Å². The van der Waals surface area contributed by atoms with Crippen LogP contribution in [0, 0.1) is 0 Å². The molecule has 3 rings (SSSR count). The van der Waals surface area contributed by atoms with Gasteiger partial charge in [-0.15, -0.1) is 0 Å². The van der Waals surface area contributed by atoms with Crippen molar-refractivity contribution in [2.24, 2.45) is 0 Å².